The van der Waals surface area contributed by atoms with Crippen LogP contribution in [0.4, 0.5) is 5.95 Å². The number of fused-ring (bicyclic) bond motifs is 1. The predicted molar refractivity (Wildman–Crippen MR) is 124 cm³/mol. The van der Waals surface area contributed by atoms with Crippen molar-refractivity contribution in [2.24, 2.45) is 0 Å². The second-order valence-electron chi connectivity index (χ2n) is 9.02. The molecule has 0 spiro atoms. The van der Waals surface area contributed by atoms with E-state index in [1.54, 1.807) is 0 Å². The normalized spacial score (nSPS) is 27.9. The number of rotatable bonds is 7. The molecule has 0 radical (unpaired) electrons. The molecular formula is C21H28N8O8. The summed E-state index contributed by atoms with van der Waals surface area (Å²) in [6.07, 6.45) is -1.91. The quantitative estimate of drug-likeness (QED) is 0.180. The molecule has 2 aliphatic rings. The third-order valence-electron chi connectivity index (χ3n) is 6.78. The predicted octanol–water partition coefficient (Wildman–Crippen LogP) is -3.40. The Balaban J connectivity index is 1.41. The molecule has 16 nitrogen and oxygen atoms in total. The molecule has 0 amide bonds. The summed E-state index contributed by atoms with van der Waals surface area (Å²) in [5, 5.41) is 46.8. The molecule has 2 fully saturated rings. The molecule has 7 N–H and O–H groups in total. The molecule has 16 heteroatoms. The molecule has 0 aliphatic carbocycles. The summed E-state index contributed by atoms with van der Waals surface area (Å²) in [7, 11) is 0. The molecule has 6 atom stereocenters. The molecular weight excluding hydrogens is 492 g/mol. The standard InChI is InChI=1S/C21H28N8O8/c22-14-1-2-27(15-5-10(32)12(7-30)36-15)21(35)26(14)3-4-28-19(34)17-18(25-20(28)23)29(9-24-17)16-6-11(33)13(8-31)37-16/h1-2,9-13,15-16,22,30-33H,3-8H2,(H2,23,25)/t10-,11-,12+,13+,15+,16+/m0/s1. The van der Waals surface area contributed by atoms with Crippen LogP contribution < -0.4 is 22.5 Å². The van der Waals surface area contributed by atoms with Crippen LogP contribution in [-0.4, -0.2) is 86.3 Å². The van der Waals surface area contributed by atoms with Crippen LogP contribution >= 0.6 is 0 Å². The zero-order valence-corrected chi connectivity index (χ0v) is 19.6. The van der Waals surface area contributed by atoms with Gasteiger partial charge in [-0.05, 0) is 6.07 Å². The van der Waals surface area contributed by atoms with Crippen LogP contribution in [0, 0.1) is 5.41 Å². The fourth-order valence-electron chi connectivity index (χ4n) is 4.73. The van der Waals surface area contributed by atoms with E-state index in [-0.39, 0.29) is 55.1 Å². The van der Waals surface area contributed by atoms with Gasteiger partial charge in [0.15, 0.2) is 11.2 Å². The molecule has 37 heavy (non-hydrogen) atoms. The maximum atomic E-state index is 13.2. The molecule has 3 aromatic heterocycles. The van der Waals surface area contributed by atoms with E-state index in [9.17, 15) is 30.0 Å². The van der Waals surface area contributed by atoms with Gasteiger partial charge in [-0.2, -0.15) is 4.98 Å². The van der Waals surface area contributed by atoms with Gasteiger partial charge in [0.2, 0.25) is 5.95 Å². The minimum Gasteiger partial charge on any atom is -0.394 e. The summed E-state index contributed by atoms with van der Waals surface area (Å²) >= 11 is 0. The Kier molecular flexibility index (Phi) is 6.69. The van der Waals surface area contributed by atoms with E-state index >= 15 is 0 Å². The van der Waals surface area contributed by atoms with Gasteiger partial charge in [0.1, 0.15) is 30.2 Å². The number of imidazole rings is 1. The summed E-state index contributed by atoms with van der Waals surface area (Å²) in [5.41, 5.74) is 4.97. The van der Waals surface area contributed by atoms with Crippen LogP contribution in [0.5, 0.6) is 0 Å². The Labute approximate surface area is 207 Å². The summed E-state index contributed by atoms with van der Waals surface area (Å²) in [5.74, 6) is -0.145. The van der Waals surface area contributed by atoms with Crippen molar-refractivity contribution in [3.63, 3.8) is 0 Å². The molecule has 3 aromatic rings. The third kappa shape index (κ3) is 4.36. The highest BCUT2D eigenvalue weighted by Gasteiger charge is 2.36. The Hall–Kier alpha value is -3.41. The highest BCUT2D eigenvalue weighted by atomic mass is 16.5. The maximum absolute atomic E-state index is 13.2. The molecule has 0 unspecified atom stereocenters. The van der Waals surface area contributed by atoms with Gasteiger partial charge < -0.3 is 35.6 Å². The van der Waals surface area contributed by atoms with Gasteiger partial charge in [0, 0.05) is 32.1 Å². The largest absolute Gasteiger partial charge is 0.394 e. The highest BCUT2D eigenvalue weighted by Crippen LogP contribution is 2.30. The maximum Gasteiger partial charge on any atom is 0.331 e. The van der Waals surface area contributed by atoms with Gasteiger partial charge >= 0.3 is 5.69 Å². The van der Waals surface area contributed by atoms with E-state index in [1.165, 1.54) is 27.7 Å². The number of aliphatic hydroxyl groups excluding tert-OH is 4. The van der Waals surface area contributed by atoms with E-state index in [2.05, 4.69) is 9.97 Å². The van der Waals surface area contributed by atoms with Crippen molar-refractivity contribution < 1.29 is 29.9 Å². The molecule has 200 valence electrons. The van der Waals surface area contributed by atoms with Crippen LogP contribution in [0.25, 0.3) is 11.2 Å². The molecule has 5 rings (SSSR count). The van der Waals surface area contributed by atoms with Gasteiger partial charge in [-0.25, -0.2) is 9.78 Å². The lowest BCUT2D eigenvalue weighted by Gasteiger charge is -2.17. The lowest BCUT2D eigenvalue weighted by Crippen LogP contribution is -2.42. The number of anilines is 1. The van der Waals surface area contributed by atoms with Crippen LogP contribution in [0.2, 0.25) is 0 Å². The van der Waals surface area contributed by atoms with Gasteiger partial charge in [0.05, 0.1) is 31.7 Å². The van der Waals surface area contributed by atoms with Crippen LogP contribution in [0.1, 0.15) is 25.3 Å². The molecule has 5 heterocycles. The fourth-order valence-corrected chi connectivity index (χ4v) is 4.73. The first kappa shape index (κ1) is 25.2. The average Bonchev–Trinajstić information content (AvgIpc) is 3.56. The van der Waals surface area contributed by atoms with Crippen molar-refractivity contribution in [1.29, 1.82) is 5.41 Å². The Bertz CT molecular complexity index is 1480. The van der Waals surface area contributed by atoms with Gasteiger partial charge in [0.25, 0.3) is 5.56 Å². The number of hydrogen-bond donors (Lipinski definition) is 6. The molecule has 2 saturated heterocycles. The first-order chi connectivity index (χ1) is 17.7. The Morgan fingerprint density at radius 3 is 2.19 bits per heavy atom. The zero-order chi connectivity index (χ0) is 26.4. The van der Waals surface area contributed by atoms with E-state index in [4.69, 9.17) is 20.6 Å². The third-order valence-corrected chi connectivity index (χ3v) is 6.78. The first-order valence-corrected chi connectivity index (χ1v) is 11.7. The van der Waals surface area contributed by atoms with Crippen molar-refractivity contribution in [2.75, 3.05) is 18.9 Å². The first-order valence-electron chi connectivity index (χ1n) is 11.7. The van der Waals surface area contributed by atoms with Crippen molar-refractivity contribution >= 4 is 17.1 Å². The van der Waals surface area contributed by atoms with Gasteiger partial charge in [-0.15, -0.1) is 0 Å². The van der Waals surface area contributed by atoms with Crippen LogP contribution in [-0.2, 0) is 22.6 Å². The Morgan fingerprint density at radius 1 is 1.00 bits per heavy atom. The minimum absolute atomic E-state index is 0.00435. The lowest BCUT2D eigenvalue weighted by molar-refractivity contribution is -0.0463. The summed E-state index contributed by atoms with van der Waals surface area (Å²) in [4.78, 5) is 34.7. The number of nitrogens with two attached hydrogens (primary N) is 1. The average molecular weight is 521 g/mol. The molecule has 0 aromatic carbocycles. The zero-order valence-electron chi connectivity index (χ0n) is 19.6. The van der Waals surface area contributed by atoms with Crippen LogP contribution in [0.15, 0.2) is 28.2 Å². The lowest BCUT2D eigenvalue weighted by atomic mass is 10.2. The van der Waals surface area contributed by atoms with Gasteiger partial charge in [-0.1, -0.05) is 0 Å². The van der Waals surface area contributed by atoms with E-state index < -0.39 is 54.7 Å². The SMILES string of the molecule is N=c1ccn([C@H]2C[C@H](O)[C@@H](CO)O2)c(=O)n1CCn1c(N)nc2c(ncn2[C@H]2C[C@H](O)[C@@H](CO)O2)c1=O. The number of nitrogen functional groups attached to an aromatic ring is 1. The highest BCUT2D eigenvalue weighted by molar-refractivity contribution is 5.71. The van der Waals surface area contributed by atoms with Crippen LogP contribution in [0.3, 0.4) is 0 Å². The summed E-state index contributed by atoms with van der Waals surface area (Å²) in [6.45, 7) is -0.939. The topological polar surface area (TPSA) is 229 Å². The van der Waals surface area contributed by atoms with E-state index in [0.717, 1.165) is 9.13 Å². The number of nitrogens with zero attached hydrogens (tertiary/aromatic N) is 6. The minimum atomic E-state index is -0.936. The second-order valence-corrected chi connectivity index (χ2v) is 9.02. The summed E-state index contributed by atoms with van der Waals surface area (Å²) < 4.78 is 16.1. The smallest absolute Gasteiger partial charge is 0.331 e. The number of aromatic nitrogens is 6. The number of hydrogen-bond acceptors (Lipinski definition) is 12. The second kappa shape index (κ2) is 9.81. The van der Waals surface area contributed by atoms with Crippen molar-refractivity contribution in [1.82, 2.24) is 28.2 Å². The van der Waals surface area contributed by atoms with E-state index in [0.29, 0.717) is 0 Å². The molecule has 0 bridgehead atoms. The monoisotopic (exact) mass is 520 g/mol. The number of nitrogens with one attached hydrogen (secondary N) is 1. The van der Waals surface area contributed by atoms with Crippen molar-refractivity contribution in [2.45, 2.75) is 62.8 Å². The number of aliphatic hydroxyl groups is 4. The number of ether oxygens (including phenoxy) is 2. The van der Waals surface area contributed by atoms with Crippen molar-refractivity contribution in [3.05, 3.63) is 44.9 Å². The summed E-state index contributed by atoms with van der Waals surface area (Å²) in [6, 6.07) is 1.38. The van der Waals surface area contributed by atoms with Crippen molar-refractivity contribution in [3.8, 4) is 0 Å². The fraction of sp³-hybridized carbons (Fsp3) is 0.571. The molecule has 2 aliphatic heterocycles. The van der Waals surface area contributed by atoms with Gasteiger partial charge in [-0.3, -0.25) is 28.5 Å². The molecule has 0 saturated carbocycles. The van der Waals surface area contributed by atoms with E-state index in [1.807, 2.05) is 0 Å². The Morgan fingerprint density at radius 2 is 1.59 bits per heavy atom.